The highest BCUT2D eigenvalue weighted by molar-refractivity contribution is 5.89. The van der Waals surface area contributed by atoms with Crippen LogP contribution in [0.1, 0.15) is 18.9 Å². The van der Waals surface area contributed by atoms with E-state index in [0.29, 0.717) is 6.42 Å². The summed E-state index contributed by atoms with van der Waals surface area (Å²) in [6, 6.07) is 5.89. The molecule has 22 heavy (non-hydrogen) atoms. The fourth-order valence-corrected chi connectivity index (χ4v) is 3.70. The number of benzene rings is 1. The lowest BCUT2D eigenvalue weighted by molar-refractivity contribution is -0.132. The first-order valence-corrected chi connectivity index (χ1v) is 7.35. The number of halogens is 3. The number of carbonyl (C=O) groups excluding carboxylic acids is 1. The molecule has 1 aromatic rings. The number of fused-ring (bicyclic) bond motifs is 1. The van der Waals surface area contributed by atoms with Crippen LogP contribution in [0.15, 0.2) is 24.3 Å². The molecule has 1 amide bonds. The molecule has 0 aromatic heterocycles. The molecule has 0 bridgehead atoms. The molecular formula is C16H16F3NO2. The Morgan fingerprint density at radius 3 is 2.59 bits per heavy atom. The van der Waals surface area contributed by atoms with Gasteiger partial charge in [-0.2, -0.15) is 0 Å². The third-order valence-electron chi connectivity index (χ3n) is 5.61. The minimum Gasteiger partial charge on any atom is -0.380 e. The Bertz CT molecular complexity index is 647. The summed E-state index contributed by atoms with van der Waals surface area (Å²) < 4.78 is 45.6. The van der Waals surface area contributed by atoms with Crippen molar-refractivity contribution in [1.29, 1.82) is 0 Å². The zero-order valence-electron chi connectivity index (χ0n) is 12.0. The number of amides is 1. The van der Waals surface area contributed by atoms with Crippen LogP contribution >= 0.6 is 0 Å². The molecule has 3 aliphatic rings. The first-order valence-electron chi connectivity index (χ1n) is 7.35. The Labute approximate surface area is 125 Å². The summed E-state index contributed by atoms with van der Waals surface area (Å²) in [6.07, 6.45) is 0.664. The maximum atomic E-state index is 13.8. The van der Waals surface area contributed by atoms with Crippen LogP contribution in [0.5, 0.6) is 0 Å². The molecule has 4 rings (SSSR count). The van der Waals surface area contributed by atoms with Crippen LogP contribution < -0.4 is 5.32 Å². The predicted octanol–water partition coefficient (Wildman–Crippen LogP) is 2.25. The van der Waals surface area contributed by atoms with Gasteiger partial charge in [-0.25, -0.2) is 13.2 Å². The lowest BCUT2D eigenvalue weighted by atomic mass is 9.97. The van der Waals surface area contributed by atoms with Crippen molar-refractivity contribution in [2.24, 2.45) is 11.3 Å². The Kier molecular flexibility index (Phi) is 2.58. The average Bonchev–Trinajstić information content (AvgIpc) is 3.13. The molecule has 1 aromatic carbocycles. The molecule has 2 unspecified atom stereocenters. The van der Waals surface area contributed by atoms with Crippen molar-refractivity contribution in [3.63, 3.8) is 0 Å². The summed E-state index contributed by atoms with van der Waals surface area (Å²) >= 11 is 0. The first-order chi connectivity index (χ1) is 10.3. The van der Waals surface area contributed by atoms with Gasteiger partial charge in [0.2, 0.25) is 5.91 Å². The van der Waals surface area contributed by atoms with Crippen molar-refractivity contribution in [2.45, 2.75) is 30.7 Å². The van der Waals surface area contributed by atoms with Crippen LogP contribution in [0.4, 0.5) is 13.2 Å². The Balaban J connectivity index is 1.48. The van der Waals surface area contributed by atoms with E-state index >= 15 is 0 Å². The fraction of sp³-hybridized carbons (Fsp3) is 0.562. The summed E-state index contributed by atoms with van der Waals surface area (Å²) in [5.41, 5.74) is -1.09. The van der Waals surface area contributed by atoms with Crippen LogP contribution in [0, 0.1) is 17.2 Å². The second kappa shape index (κ2) is 4.04. The van der Waals surface area contributed by atoms with Crippen molar-refractivity contribution < 1.29 is 22.7 Å². The third-order valence-corrected chi connectivity index (χ3v) is 5.61. The van der Waals surface area contributed by atoms with Crippen molar-refractivity contribution in [2.75, 3.05) is 13.2 Å². The van der Waals surface area contributed by atoms with E-state index < -0.39 is 23.2 Å². The van der Waals surface area contributed by atoms with E-state index in [0.717, 1.165) is 5.56 Å². The molecule has 1 aliphatic heterocycles. The van der Waals surface area contributed by atoms with Crippen molar-refractivity contribution in [3.05, 3.63) is 35.6 Å². The van der Waals surface area contributed by atoms with E-state index in [9.17, 15) is 18.0 Å². The highest BCUT2D eigenvalue weighted by Crippen LogP contribution is 2.69. The topological polar surface area (TPSA) is 38.3 Å². The molecule has 1 saturated heterocycles. The smallest absolute Gasteiger partial charge is 0.271 e. The van der Waals surface area contributed by atoms with Crippen LogP contribution in [0.2, 0.25) is 0 Å². The van der Waals surface area contributed by atoms with Gasteiger partial charge in [0.15, 0.2) is 0 Å². The lowest BCUT2D eigenvalue weighted by Gasteiger charge is -2.17. The van der Waals surface area contributed by atoms with E-state index in [2.05, 4.69) is 5.32 Å². The van der Waals surface area contributed by atoms with E-state index in [1.165, 1.54) is 12.1 Å². The second-order valence-corrected chi connectivity index (χ2v) is 6.82. The summed E-state index contributed by atoms with van der Waals surface area (Å²) in [5.74, 6) is -4.89. The largest absolute Gasteiger partial charge is 0.380 e. The number of alkyl halides is 2. The summed E-state index contributed by atoms with van der Waals surface area (Å²) in [6.45, 7) is 1.67. The van der Waals surface area contributed by atoms with Crippen LogP contribution in [-0.2, 0) is 14.9 Å². The van der Waals surface area contributed by atoms with Gasteiger partial charge in [-0.15, -0.1) is 0 Å². The highest BCUT2D eigenvalue weighted by atomic mass is 19.3. The van der Waals surface area contributed by atoms with Crippen molar-refractivity contribution in [1.82, 2.24) is 5.32 Å². The fourth-order valence-electron chi connectivity index (χ4n) is 3.70. The molecule has 3 fully saturated rings. The molecule has 2 saturated carbocycles. The lowest BCUT2D eigenvalue weighted by Crippen LogP contribution is -2.40. The van der Waals surface area contributed by atoms with Crippen molar-refractivity contribution >= 4 is 5.91 Å². The minimum absolute atomic E-state index is 0.0552. The highest BCUT2D eigenvalue weighted by Gasteiger charge is 2.87. The summed E-state index contributed by atoms with van der Waals surface area (Å²) in [5, 5.41) is 2.74. The number of carbonyl (C=O) groups is 1. The molecule has 3 nitrogen and oxygen atoms in total. The molecule has 6 heteroatoms. The Morgan fingerprint density at radius 1 is 1.32 bits per heavy atom. The first kappa shape index (κ1) is 14.1. The minimum atomic E-state index is -2.96. The molecular weight excluding hydrogens is 295 g/mol. The number of hydrogen-bond acceptors (Lipinski definition) is 2. The quantitative estimate of drug-likeness (QED) is 0.930. The SMILES string of the molecule is CC1(c2ccc(F)cc2)CC1NC(=O)[C@]12COC[C@H]1C2(F)F. The van der Waals surface area contributed by atoms with Gasteiger partial charge >= 0.3 is 0 Å². The summed E-state index contributed by atoms with van der Waals surface area (Å²) in [7, 11) is 0. The number of ether oxygens (including phenoxy) is 1. The third kappa shape index (κ3) is 1.59. The molecule has 1 N–H and O–H groups in total. The normalized spacial score (nSPS) is 40.9. The van der Waals surface area contributed by atoms with Gasteiger partial charge in [0.1, 0.15) is 11.2 Å². The second-order valence-electron chi connectivity index (χ2n) is 6.82. The van der Waals surface area contributed by atoms with Crippen LogP contribution in [0.25, 0.3) is 0 Å². The van der Waals surface area contributed by atoms with E-state index in [4.69, 9.17) is 4.74 Å². The number of hydrogen-bond donors (Lipinski definition) is 1. The molecule has 1 heterocycles. The molecule has 118 valence electrons. The van der Waals surface area contributed by atoms with Gasteiger partial charge in [-0.3, -0.25) is 4.79 Å². The zero-order valence-corrected chi connectivity index (χ0v) is 12.0. The number of nitrogens with one attached hydrogen (secondary N) is 1. The Hall–Kier alpha value is -1.56. The van der Waals surface area contributed by atoms with Crippen molar-refractivity contribution in [3.8, 4) is 0 Å². The molecule has 4 atom stereocenters. The van der Waals surface area contributed by atoms with E-state index in [1.54, 1.807) is 12.1 Å². The predicted molar refractivity (Wildman–Crippen MR) is 72.0 cm³/mol. The maximum Gasteiger partial charge on any atom is 0.271 e. The molecule has 0 radical (unpaired) electrons. The maximum absolute atomic E-state index is 13.8. The van der Waals surface area contributed by atoms with Crippen LogP contribution in [0.3, 0.4) is 0 Å². The molecule has 0 spiro atoms. The van der Waals surface area contributed by atoms with Gasteiger partial charge in [0.25, 0.3) is 5.92 Å². The average molecular weight is 311 g/mol. The standard InChI is InChI=1S/C16H16F3NO2/c1-14(9-2-4-10(17)5-3-9)6-12(14)20-13(21)15-8-22-7-11(15)16(15,18)19/h2-5,11-12H,6-8H2,1H3,(H,20,21)/t11-,12?,14?,15+/m1/s1. The van der Waals surface area contributed by atoms with Gasteiger partial charge in [0, 0.05) is 11.5 Å². The van der Waals surface area contributed by atoms with Gasteiger partial charge in [0.05, 0.1) is 19.1 Å². The monoisotopic (exact) mass is 311 g/mol. The molecule has 2 aliphatic carbocycles. The van der Waals surface area contributed by atoms with Gasteiger partial charge in [-0.05, 0) is 24.1 Å². The van der Waals surface area contributed by atoms with Crippen LogP contribution in [-0.4, -0.2) is 31.1 Å². The van der Waals surface area contributed by atoms with E-state index in [1.807, 2.05) is 6.92 Å². The zero-order chi connectivity index (χ0) is 15.8. The van der Waals surface area contributed by atoms with E-state index in [-0.39, 0.29) is 30.5 Å². The summed E-state index contributed by atoms with van der Waals surface area (Å²) in [4.78, 5) is 12.3. The van der Waals surface area contributed by atoms with Gasteiger partial charge in [-0.1, -0.05) is 19.1 Å². The Morgan fingerprint density at radius 2 is 2.00 bits per heavy atom. The number of rotatable bonds is 3. The van der Waals surface area contributed by atoms with Gasteiger partial charge < -0.3 is 10.1 Å².